The van der Waals surface area contributed by atoms with E-state index in [1.54, 1.807) is 11.3 Å². The van der Waals surface area contributed by atoms with Gasteiger partial charge >= 0.3 is 0 Å². The maximum atomic E-state index is 12.1. The average Bonchev–Trinajstić information content (AvgIpc) is 3.21. The summed E-state index contributed by atoms with van der Waals surface area (Å²) in [7, 11) is 0. The Bertz CT molecular complexity index is 836. The molecule has 1 N–H and O–H groups in total. The zero-order valence-corrected chi connectivity index (χ0v) is 16.0. The topological polar surface area (TPSA) is 59.8 Å². The molecule has 1 aromatic carbocycles. The highest BCUT2D eigenvalue weighted by Gasteiger charge is 2.19. The van der Waals surface area contributed by atoms with E-state index in [0.29, 0.717) is 10.9 Å². The van der Waals surface area contributed by atoms with Crippen molar-refractivity contribution in [2.45, 2.75) is 31.5 Å². The Morgan fingerprint density at radius 3 is 2.56 bits per heavy atom. The molecule has 2 heterocycles. The highest BCUT2D eigenvalue weighted by Crippen LogP contribution is 2.30. The summed E-state index contributed by atoms with van der Waals surface area (Å²) in [5, 5.41) is 14.4. The van der Waals surface area contributed by atoms with Crippen molar-refractivity contribution in [1.82, 2.24) is 20.1 Å². The van der Waals surface area contributed by atoms with E-state index in [9.17, 15) is 4.79 Å². The van der Waals surface area contributed by atoms with Crippen molar-refractivity contribution < 1.29 is 4.79 Å². The lowest BCUT2D eigenvalue weighted by Crippen LogP contribution is -2.41. The second-order valence-electron chi connectivity index (χ2n) is 6.54. The van der Waals surface area contributed by atoms with Crippen LogP contribution in [0.4, 0.5) is 0 Å². The number of benzene rings is 1. The zero-order chi connectivity index (χ0) is 17.9. The molecule has 0 aliphatic rings. The van der Waals surface area contributed by atoms with Gasteiger partial charge in [-0.15, -0.1) is 21.5 Å². The van der Waals surface area contributed by atoms with Crippen LogP contribution in [0.3, 0.4) is 0 Å². The predicted octanol–water partition coefficient (Wildman–Crippen LogP) is 4.00. The minimum Gasteiger partial charge on any atom is -0.351 e. The van der Waals surface area contributed by atoms with E-state index in [2.05, 4.69) is 15.5 Å². The molecule has 5 nitrogen and oxygen atoms in total. The fourth-order valence-electron chi connectivity index (χ4n) is 2.32. The standard InChI is InChI=1S/C18H20N4OS2/c1-18(2,3)19-15(23)12-25-17-21-20-16(14-10-7-11-24-14)22(17)13-8-5-4-6-9-13/h4-11H,12H2,1-3H3,(H,19,23). The molecule has 3 aromatic rings. The molecule has 0 atom stereocenters. The first-order valence-corrected chi connectivity index (χ1v) is 9.79. The summed E-state index contributed by atoms with van der Waals surface area (Å²) in [6, 6.07) is 14.0. The van der Waals surface area contributed by atoms with Gasteiger partial charge in [0, 0.05) is 11.2 Å². The van der Waals surface area contributed by atoms with E-state index in [4.69, 9.17) is 0 Å². The lowest BCUT2D eigenvalue weighted by molar-refractivity contribution is -0.119. The van der Waals surface area contributed by atoms with E-state index in [0.717, 1.165) is 16.4 Å². The first kappa shape index (κ1) is 17.7. The van der Waals surface area contributed by atoms with Crippen molar-refractivity contribution in [3.63, 3.8) is 0 Å². The van der Waals surface area contributed by atoms with Crippen LogP contribution in [0, 0.1) is 0 Å². The zero-order valence-electron chi connectivity index (χ0n) is 14.4. The third-order valence-corrected chi connectivity index (χ3v) is 5.03. The maximum absolute atomic E-state index is 12.1. The molecular formula is C18H20N4OS2. The summed E-state index contributed by atoms with van der Waals surface area (Å²) in [4.78, 5) is 13.2. The number of aromatic nitrogens is 3. The average molecular weight is 373 g/mol. The van der Waals surface area contributed by atoms with Gasteiger partial charge < -0.3 is 5.32 Å². The van der Waals surface area contributed by atoms with Crippen LogP contribution in [0.25, 0.3) is 16.4 Å². The molecular weight excluding hydrogens is 352 g/mol. The number of para-hydroxylation sites is 1. The molecule has 0 bridgehead atoms. The molecule has 25 heavy (non-hydrogen) atoms. The normalized spacial score (nSPS) is 11.5. The fraction of sp³-hybridized carbons (Fsp3) is 0.278. The maximum Gasteiger partial charge on any atom is 0.230 e. The van der Waals surface area contributed by atoms with Crippen LogP contribution in [-0.4, -0.2) is 32.0 Å². The van der Waals surface area contributed by atoms with E-state index >= 15 is 0 Å². The number of nitrogens with zero attached hydrogens (tertiary/aromatic N) is 3. The molecule has 0 saturated carbocycles. The van der Waals surface area contributed by atoms with Gasteiger partial charge in [0.05, 0.1) is 10.6 Å². The van der Waals surface area contributed by atoms with Gasteiger partial charge in [-0.2, -0.15) is 0 Å². The highest BCUT2D eigenvalue weighted by atomic mass is 32.2. The van der Waals surface area contributed by atoms with Crippen LogP contribution in [0.2, 0.25) is 0 Å². The Morgan fingerprint density at radius 2 is 1.92 bits per heavy atom. The molecule has 0 saturated heterocycles. The van der Waals surface area contributed by atoms with Gasteiger partial charge in [-0.1, -0.05) is 36.0 Å². The second kappa shape index (κ2) is 7.41. The lowest BCUT2D eigenvalue weighted by atomic mass is 10.1. The SMILES string of the molecule is CC(C)(C)NC(=O)CSc1nnc(-c2cccs2)n1-c1ccccc1. The number of rotatable bonds is 5. The number of hydrogen-bond donors (Lipinski definition) is 1. The summed E-state index contributed by atoms with van der Waals surface area (Å²) >= 11 is 3.01. The third kappa shape index (κ3) is 4.49. The van der Waals surface area contributed by atoms with Gasteiger partial charge in [-0.3, -0.25) is 9.36 Å². The minimum atomic E-state index is -0.243. The molecule has 130 valence electrons. The Labute approximate surface area is 155 Å². The number of amides is 1. The van der Waals surface area contributed by atoms with Gasteiger partial charge in [0.25, 0.3) is 0 Å². The number of hydrogen-bond acceptors (Lipinski definition) is 5. The van der Waals surface area contributed by atoms with Crippen LogP contribution in [0.15, 0.2) is 53.0 Å². The van der Waals surface area contributed by atoms with E-state index < -0.39 is 0 Å². The van der Waals surface area contributed by atoms with Crippen molar-refractivity contribution in [2.75, 3.05) is 5.75 Å². The molecule has 0 spiro atoms. The van der Waals surface area contributed by atoms with Crippen LogP contribution in [0.1, 0.15) is 20.8 Å². The third-order valence-electron chi connectivity index (χ3n) is 3.24. The molecule has 0 radical (unpaired) electrons. The molecule has 2 aromatic heterocycles. The summed E-state index contributed by atoms with van der Waals surface area (Å²) < 4.78 is 2.00. The predicted molar refractivity (Wildman–Crippen MR) is 103 cm³/mol. The van der Waals surface area contributed by atoms with Crippen molar-refractivity contribution in [2.24, 2.45) is 0 Å². The number of carbonyl (C=O) groups excluding carboxylic acids is 1. The van der Waals surface area contributed by atoms with Crippen LogP contribution >= 0.6 is 23.1 Å². The summed E-state index contributed by atoms with van der Waals surface area (Å²) in [5.74, 6) is 1.07. The van der Waals surface area contributed by atoms with Crippen molar-refractivity contribution in [3.05, 3.63) is 47.8 Å². The number of carbonyl (C=O) groups is 1. The highest BCUT2D eigenvalue weighted by molar-refractivity contribution is 7.99. The van der Waals surface area contributed by atoms with Gasteiger partial charge in [0.1, 0.15) is 0 Å². The summed E-state index contributed by atoms with van der Waals surface area (Å²) in [6.07, 6.45) is 0. The molecule has 0 unspecified atom stereocenters. The fourth-order valence-corrected chi connectivity index (χ4v) is 3.77. The monoisotopic (exact) mass is 372 g/mol. The molecule has 7 heteroatoms. The molecule has 1 amide bonds. The second-order valence-corrected chi connectivity index (χ2v) is 8.43. The molecule has 0 aliphatic heterocycles. The number of thiophene rings is 1. The molecule has 0 aliphatic carbocycles. The quantitative estimate of drug-likeness (QED) is 0.688. The summed E-state index contributed by atoms with van der Waals surface area (Å²) in [5.41, 5.74) is 0.738. The number of thioether (sulfide) groups is 1. The Kier molecular flexibility index (Phi) is 5.24. The van der Waals surface area contributed by atoms with Crippen LogP contribution in [-0.2, 0) is 4.79 Å². The first-order chi connectivity index (χ1) is 11.9. The minimum absolute atomic E-state index is 0.0159. The van der Waals surface area contributed by atoms with Gasteiger partial charge in [0.2, 0.25) is 5.91 Å². The van der Waals surface area contributed by atoms with Crippen molar-refractivity contribution >= 4 is 29.0 Å². The van der Waals surface area contributed by atoms with Crippen molar-refractivity contribution in [1.29, 1.82) is 0 Å². The van der Waals surface area contributed by atoms with E-state index in [1.807, 2.05) is 73.2 Å². The van der Waals surface area contributed by atoms with E-state index in [-0.39, 0.29) is 11.4 Å². The van der Waals surface area contributed by atoms with Gasteiger partial charge in [-0.05, 0) is 44.4 Å². The van der Waals surface area contributed by atoms with Gasteiger partial charge in [0.15, 0.2) is 11.0 Å². The number of nitrogens with one attached hydrogen (secondary N) is 1. The smallest absolute Gasteiger partial charge is 0.230 e. The Hall–Kier alpha value is -2.12. The Balaban J connectivity index is 1.88. The molecule has 0 fully saturated rings. The van der Waals surface area contributed by atoms with Crippen LogP contribution < -0.4 is 5.32 Å². The Morgan fingerprint density at radius 1 is 1.16 bits per heavy atom. The first-order valence-electron chi connectivity index (χ1n) is 7.92. The van der Waals surface area contributed by atoms with Gasteiger partial charge in [-0.25, -0.2) is 0 Å². The lowest BCUT2D eigenvalue weighted by Gasteiger charge is -2.20. The largest absolute Gasteiger partial charge is 0.351 e. The molecule has 3 rings (SSSR count). The van der Waals surface area contributed by atoms with Crippen molar-refractivity contribution in [3.8, 4) is 16.4 Å². The van der Waals surface area contributed by atoms with Crippen LogP contribution in [0.5, 0.6) is 0 Å². The van der Waals surface area contributed by atoms with E-state index in [1.165, 1.54) is 11.8 Å². The summed E-state index contributed by atoms with van der Waals surface area (Å²) in [6.45, 7) is 5.91.